The lowest BCUT2D eigenvalue weighted by molar-refractivity contribution is 0.631. The van der Waals surface area contributed by atoms with E-state index in [1.807, 2.05) is 46.0 Å². The SMILES string of the molecule is CC.CNC(C)c1cccc(C)n1. The average Bonchev–Trinajstić information content (AvgIpc) is 2.20. The number of hydrogen-bond acceptors (Lipinski definition) is 2. The molecule has 0 aromatic carbocycles. The number of aromatic nitrogens is 1. The van der Waals surface area contributed by atoms with E-state index < -0.39 is 0 Å². The molecule has 1 atom stereocenters. The minimum absolute atomic E-state index is 0.342. The van der Waals surface area contributed by atoms with Gasteiger partial charge in [0, 0.05) is 11.7 Å². The molecule has 2 nitrogen and oxygen atoms in total. The number of nitrogens with one attached hydrogen (secondary N) is 1. The van der Waals surface area contributed by atoms with Crippen LogP contribution in [0.1, 0.15) is 38.2 Å². The molecule has 0 amide bonds. The van der Waals surface area contributed by atoms with Crippen LogP contribution in [0, 0.1) is 6.92 Å². The Labute approximate surface area is 81.4 Å². The number of hydrogen-bond donors (Lipinski definition) is 1. The number of nitrogens with zero attached hydrogens (tertiary/aromatic N) is 1. The van der Waals surface area contributed by atoms with Crippen LogP contribution < -0.4 is 5.32 Å². The predicted molar refractivity (Wildman–Crippen MR) is 57.8 cm³/mol. The van der Waals surface area contributed by atoms with Gasteiger partial charge >= 0.3 is 0 Å². The van der Waals surface area contributed by atoms with Gasteiger partial charge in [0.2, 0.25) is 0 Å². The lowest BCUT2D eigenvalue weighted by Gasteiger charge is -2.08. The van der Waals surface area contributed by atoms with Gasteiger partial charge in [0.05, 0.1) is 5.69 Å². The highest BCUT2D eigenvalue weighted by molar-refractivity contribution is 5.12. The molecule has 1 heterocycles. The third-order valence-corrected chi connectivity index (χ3v) is 1.79. The van der Waals surface area contributed by atoms with Gasteiger partial charge in [0.1, 0.15) is 0 Å². The Morgan fingerprint density at radius 3 is 2.38 bits per heavy atom. The van der Waals surface area contributed by atoms with Crippen molar-refractivity contribution in [2.24, 2.45) is 0 Å². The second kappa shape index (κ2) is 6.61. The van der Waals surface area contributed by atoms with Crippen LogP contribution in [-0.4, -0.2) is 12.0 Å². The quantitative estimate of drug-likeness (QED) is 0.757. The lowest BCUT2D eigenvalue weighted by atomic mass is 10.2. The molecule has 0 aliphatic rings. The van der Waals surface area contributed by atoms with Crippen LogP contribution in [0.5, 0.6) is 0 Å². The first-order valence-corrected chi connectivity index (χ1v) is 4.85. The Morgan fingerprint density at radius 2 is 1.92 bits per heavy atom. The first kappa shape index (κ1) is 12.1. The monoisotopic (exact) mass is 180 g/mol. The summed E-state index contributed by atoms with van der Waals surface area (Å²) < 4.78 is 0. The highest BCUT2D eigenvalue weighted by Gasteiger charge is 2.01. The van der Waals surface area contributed by atoms with E-state index in [9.17, 15) is 0 Å². The van der Waals surface area contributed by atoms with Gasteiger partial charge in [-0.2, -0.15) is 0 Å². The minimum atomic E-state index is 0.342. The Kier molecular flexibility index (Phi) is 6.15. The van der Waals surface area contributed by atoms with Crippen molar-refractivity contribution in [1.29, 1.82) is 0 Å². The number of aryl methyl sites for hydroxylation is 1. The van der Waals surface area contributed by atoms with Crippen LogP contribution in [0.4, 0.5) is 0 Å². The summed E-state index contributed by atoms with van der Waals surface area (Å²) >= 11 is 0. The minimum Gasteiger partial charge on any atom is -0.312 e. The second-order valence-electron chi connectivity index (χ2n) is 2.71. The highest BCUT2D eigenvalue weighted by atomic mass is 14.9. The van der Waals surface area contributed by atoms with E-state index >= 15 is 0 Å². The summed E-state index contributed by atoms with van der Waals surface area (Å²) in [5.74, 6) is 0. The molecule has 13 heavy (non-hydrogen) atoms. The third-order valence-electron chi connectivity index (χ3n) is 1.79. The van der Waals surface area contributed by atoms with Crippen molar-refractivity contribution in [2.45, 2.75) is 33.7 Å². The van der Waals surface area contributed by atoms with Gasteiger partial charge in [-0.3, -0.25) is 4.98 Å². The number of pyridine rings is 1. The average molecular weight is 180 g/mol. The summed E-state index contributed by atoms with van der Waals surface area (Å²) in [6, 6.07) is 6.42. The molecule has 0 radical (unpaired) electrons. The molecular formula is C11H20N2. The summed E-state index contributed by atoms with van der Waals surface area (Å²) in [5.41, 5.74) is 2.18. The molecule has 0 spiro atoms. The van der Waals surface area contributed by atoms with Gasteiger partial charge < -0.3 is 5.32 Å². The summed E-state index contributed by atoms with van der Waals surface area (Å²) in [4.78, 5) is 4.38. The summed E-state index contributed by atoms with van der Waals surface area (Å²) in [6.45, 7) is 8.10. The van der Waals surface area contributed by atoms with Gasteiger partial charge in [0.15, 0.2) is 0 Å². The van der Waals surface area contributed by atoms with Gasteiger partial charge in [-0.1, -0.05) is 19.9 Å². The van der Waals surface area contributed by atoms with Crippen molar-refractivity contribution in [3.63, 3.8) is 0 Å². The maximum absolute atomic E-state index is 4.38. The zero-order valence-corrected chi connectivity index (χ0v) is 9.26. The Bertz CT molecular complexity index is 233. The predicted octanol–water partition coefficient (Wildman–Crippen LogP) is 2.70. The summed E-state index contributed by atoms with van der Waals surface area (Å²) in [7, 11) is 1.94. The van der Waals surface area contributed by atoms with E-state index in [-0.39, 0.29) is 0 Å². The molecule has 0 aliphatic heterocycles. The fourth-order valence-corrected chi connectivity index (χ4v) is 0.953. The topological polar surface area (TPSA) is 24.9 Å². The normalized spacial score (nSPS) is 11.5. The van der Waals surface area contributed by atoms with E-state index in [0.717, 1.165) is 11.4 Å². The molecule has 0 fully saturated rings. The van der Waals surface area contributed by atoms with Crippen LogP contribution in [0.25, 0.3) is 0 Å². The zero-order chi connectivity index (χ0) is 10.3. The zero-order valence-electron chi connectivity index (χ0n) is 9.26. The summed E-state index contributed by atoms with van der Waals surface area (Å²) in [6.07, 6.45) is 0. The van der Waals surface area contributed by atoms with E-state index in [0.29, 0.717) is 6.04 Å². The largest absolute Gasteiger partial charge is 0.312 e. The van der Waals surface area contributed by atoms with Gasteiger partial charge in [-0.25, -0.2) is 0 Å². The molecule has 1 unspecified atom stereocenters. The Hall–Kier alpha value is -0.890. The van der Waals surface area contributed by atoms with Crippen molar-refractivity contribution >= 4 is 0 Å². The fraction of sp³-hybridized carbons (Fsp3) is 0.545. The fourth-order valence-electron chi connectivity index (χ4n) is 0.953. The number of rotatable bonds is 2. The maximum atomic E-state index is 4.38. The van der Waals surface area contributed by atoms with Crippen LogP contribution >= 0.6 is 0 Å². The smallest absolute Gasteiger partial charge is 0.0573 e. The van der Waals surface area contributed by atoms with Crippen molar-refractivity contribution in [1.82, 2.24) is 10.3 Å². The van der Waals surface area contributed by atoms with Crippen LogP contribution in [-0.2, 0) is 0 Å². The molecule has 0 saturated carbocycles. The van der Waals surface area contributed by atoms with Crippen molar-refractivity contribution in [3.8, 4) is 0 Å². The lowest BCUT2D eigenvalue weighted by Crippen LogP contribution is -2.13. The molecule has 0 aliphatic carbocycles. The van der Waals surface area contributed by atoms with Gasteiger partial charge in [-0.15, -0.1) is 0 Å². The molecule has 0 saturated heterocycles. The first-order valence-electron chi connectivity index (χ1n) is 4.85. The first-order chi connectivity index (χ1) is 6.24. The van der Waals surface area contributed by atoms with Crippen molar-refractivity contribution in [3.05, 3.63) is 29.6 Å². The second-order valence-corrected chi connectivity index (χ2v) is 2.71. The van der Waals surface area contributed by atoms with E-state index in [4.69, 9.17) is 0 Å². The maximum Gasteiger partial charge on any atom is 0.0573 e. The molecular weight excluding hydrogens is 160 g/mol. The van der Waals surface area contributed by atoms with Crippen molar-refractivity contribution < 1.29 is 0 Å². The Balaban J connectivity index is 0.000000671. The summed E-state index contributed by atoms with van der Waals surface area (Å²) in [5, 5.41) is 3.15. The van der Waals surface area contributed by atoms with E-state index in [1.165, 1.54) is 0 Å². The van der Waals surface area contributed by atoms with Crippen LogP contribution in [0.15, 0.2) is 18.2 Å². The molecule has 2 heteroatoms. The molecule has 0 bridgehead atoms. The van der Waals surface area contributed by atoms with E-state index in [1.54, 1.807) is 0 Å². The van der Waals surface area contributed by atoms with Crippen LogP contribution in [0.3, 0.4) is 0 Å². The standard InChI is InChI=1S/C9H14N2.C2H6/c1-7-5-4-6-9(11-7)8(2)10-3;1-2/h4-6,8,10H,1-3H3;1-2H3. The van der Waals surface area contributed by atoms with Crippen LogP contribution in [0.2, 0.25) is 0 Å². The highest BCUT2D eigenvalue weighted by Crippen LogP contribution is 2.07. The Morgan fingerprint density at radius 1 is 1.31 bits per heavy atom. The van der Waals surface area contributed by atoms with E-state index in [2.05, 4.69) is 17.2 Å². The molecule has 74 valence electrons. The molecule has 1 N–H and O–H groups in total. The molecule has 1 aromatic heterocycles. The third kappa shape index (κ3) is 4.04. The van der Waals surface area contributed by atoms with Gasteiger partial charge in [-0.05, 0) is 33.0 Å². The molecule has 1 rings (SSSR count). The molecule has 1 aromatic rings. The van der Waals surface area contributed by atoms with Crippen molar-refractivity contribution in [2.75, 3.05) is 7.05 Å². The van der Waals surface area contributed by atoms with Gasteiger partial charge in [0.25, 0.3) is 0 Å².